The number of carboxylic acids is 1. The zero-order valence-electron chi connectivity index (χ0n) is 9.71. The summed E-state index contributed by atoms with van der Waals surface area (Å²) in [5.41, 5.74) is 0.467. The first-order chi connectivity index (χ1) is 9.08. The molecule has 3 N–H and O–H groups in total. The van der Waals surface area contributed by atoms with Crippen LogP contribution >= 0.6 is 11.3 Å². The second kappa shape index (κ2) is 5.77. The molecule has 19 heavy (non-hydrogen) atoms. The maximum Gasteiger partial charge on any atom is 0.339 e. The van der Waals surface area contributed by atoms with Crippen molar-refractivity contribution in [3.05, 3.63) is 46.0 Å². The molecule has 0 spiro atoms. The highest BCUT2D eigenvalue weighted by Gasteiger charge is 2.14. The quantitative estimate of drug-likeness (QED) is 0.782. The Kier molecular flexibility index (Phi) is 4.08. The van der Waals surface area contributed by atoms with Crippen LogP contribution in [0.4, 0.5) is 10.2 Å². The van der Waals surface area contributed by atoms with Crippen LogP contribution in [-0.4, -0.2) is 27.7 Å². The van der Waals surface area contributed by atoms with Gasteiger partial charge in [0.25, 0.3) is 0 Å². The Morgan fingerprint density at radius 3 is 3.00 bits per heavy atom. The number of thiophene rings is 1. The van der Waals surface area contributed by atoms with Gasteiger partial charge in [-0.25, -0.2) is 14.2 Å². The van der Waals surface area contributed by atoms with Gasteiger partial charge in [0.15, 0.2) is 0 Å². The number of nitrogens with one attached hydrogen (secondary N) is 1. The van der Waals surface area contributed by atoms with Gasteiger partial charge >= 0.3 is 5.97 Å². The molecule has 2 aromatic rings. The van der Waals surface area contributed by atoms with Gasteiger partial charge in [0, 0.05) is 6.54 Å². The molecule has 0 bridgehead atoms. The van der Waals surface area contributed by atoms with Gasteiger partial charge in [-0.05, 0) is 28.5 Å². The Hall–Kier alpha value is -1.99. The topological polar surface area (TPSA) is 82.5 Å². The Morgan fingerprint density at radius 1 is 1.58 bits per heavy atom. The molecule has 2 rings (SSSR count). The van der Waals surface area contributed by atoms with E-state index in [9.17, 15) is 14.3 Å². The van der Waals surface area contributed by atoms with E-state index in [1.165, 1.54) is 11.3 Å². The molecule has 0 aliphatic rings. The minimum absolute atomic E-state index is 0.0307. The molecular formula is C12H11FN2O3S. The van der Waals surface area contributed by atoms with Crippen molar-refractivity contribution >= 4 is 23.1 Å². The largest absolute Gasteiger partial charge is 0.478 e. The summed E-state index contributed by atoms with van der Waals surface area (Å²) in [6, 6.07) is 2.65. The van der Waals surface area contributed by atoms with Crippen LogP contribution in [0.3, 0.4) is 0 Å². The molecule has 2 heterocycles. The molecule has 2 aromatic heterocycles. The fourth-order valence-corrected chi connectivity index (χ4v) is 2.23. The number of hydrogen-bond acceptors (Lipinski definition) is 5. The minimum Gasteiger partial charge on any atom is -0.478 e. The van der Waals surface area contributed by atoms with E-state index in [2.05, 4.69) is 10.3 Å². The molecule has 5 nitrogen and oxygen atoms in total. The Balaban J connectivity index is 2.09. The SMILES string of the molecule is O=C(O)c1cc(F)cnc1NCC(O)c1ccsc1. The van der Waals surface area contributed by atoms with E-state index in [1.54, 1.807) is 11.4 Å². The third-order valence-electron chi connectivity index (χ3n) is 2.48. The summed E-state index contributed by atoms with van der Waals surface area (Å²) in [6.45, 7) is 0.0929. The number of aliphatic hydroxyl groups is 1. The molecule has 0 saturated carbocycles. The van der Waals surface area contributed by atoms with Crippen molar-refractivity contribution in [2.45, 2.75) is 6.10 Å². The van der Waals surface area contributed by atoms with Crippen molar-refractivity contribution in [3.8, 4) is 0 Å². The van der Waals surface area contributed by atoms with E-state index in [-0.39, 0.29) is 17.9 Å². The summed E-state index contributed by atoms with van der Waals surface area (Å²) >= 11 is 1.45. The van der Waals surface area contributed by atoms with Crippen LogP contribution in [0.5, 0.6) is 0 Å². The molecule has 7 heteroatoms. The molecule has 0 amide bonds. The number of carbonyl (C=O) groups is 1. The highest BCUT2D eigenvalue weighted by atomic mass is 32.1. The molecule has 100 valence electrons. The van der Waals surface area contributed by atoms with Gasteiger partial charge < -0.3 is 15.5 Å². The number of carboxylic acid groups (broad SMARTS) is 1. The zero-order valence-corrected chi connectivity index (χ0v) is 10.5. The van der Waals surface area contributed by atoms with Crippen LogP contribution in [0.2, 0.25) is 0 Å². The Labute approximate surface area is 112 Å². The molecule has 0 radical (unpaired) electrons. The first kappa shape index (κ1) is 13.4. The molecule has 0 aromatic carbocycles. The number of pyridine rings is 1. The van der Waals surface area contributed by atoms with Crippen LogP contribution in [0.15, 0.2) is 29.1 Å². The average Bonchev–Trinajstić information content (AvgIpc) is 2.90. The third-order valence-corrected chi connectivity index (χ3v) is 3.18. The Morgan fingerprint density at radius 2 is 2.37 bits per heavy atom. The van der Waals surface area contributed by atoms with Gasteiger partial charge in [0.2, 0.25) is 0 Å². The third kappa shape index (κ3) is 3.27. The molecular weight excluding hydrogens is 271 g/mol. The van der Waals surface area contributed by atoms with E-state index < -0.39 is 17.9 Å². The Bertz CT molecular complexity index is 574. The highest BCUT2D eigenvalue weighted by Crippen LogP contribution is 2.18. The van der Waals surface area contributed by atoms with Gasteiger partial charge in [-0.1, -0.05) is 0 Å². The van der Waals surface area contributed by atoms with E-state index in [1.807, 2.05) is 5.38 Å². The molecule has 0 saturated heterocycles. The van der Waals surface area contributed by atoms with E-state index in [4.69, 9.17) is 5.11 Å². The zero-order chi connectivity index (χ0) is 13.8. The van der Waals surface area contributed by atoms with Crippen molar-refractivity contribution in [3.63, 3.8) is 0 Å². The van der Waals surface area contributed by atoms with Crippen LogP contribution in [0.1, 0.15) is 22.0 Å². The number of rotatable bonds is 5. The summed E-state index contributed by atoms with van der Waals surface area (Å²) in [4.78, 5) is 14.6. The van der Waals surface area contributed by atoms with Crippen LogP contribution in [0, 0.1) is 5.82 Å². The molecule has 0 aliphatic carbocycles. The van der Waals surface area contributed by atoms with Gasteiger partial charge in [-0.3, -0.25) is 0 Å². The number of anilines is 1. The van der Waals surface area contributed by atoms with Crippen LogP contribution < -0.4 is 5.32 Å². The summed E-state index contributed by atoms with van der Waals surface area (Å²) in [5, 5.41) is 25.1. The second-order valence-electron chi connectivity index (χ2n) is 3.81. The summed E-state index contributed by atoms with van der Waals surface area (Å²) in [6.07, 6.45) is 0.144. The van der Waals surface area contributed by atoms with Crippen molar-refractivity contribution in [2.75, 3.05) is 11.9 Å². The summed E-state index contributed by atoms with van der Waals surface area (Å²) < 4.78 is 12.9. The lowest BCUT2D eigenvalue weighted by molar-refractivity contribution is 0.0696. The van der Waals surface area contributed by atoms with Gasteiger partial charge in [-0.2, -0.15) is 11.3 Å². The van der Waals surface area contributed by atoms with Gasteiger partial charge in [-0.15, -0.1) is 0 Å². The molecule has 0 fully saturated rings. The number of nitrogens with zero attached hydrogens (tertiary/aromatic N) is 1. The lowest BCUT2D eigenvalue weighted by atomic mass is 10.2. The van der Waals surface area contributed by atoms with Gasteiger partial charge in [0.1, 0.15) is 17.2 Å². The van der Waals surface area contributed by atoms with Crippen molar-refractivity contribution in [2.24, 2.45) is 0 Å². The van der Waals surface area contributed by atoms with E-state index in [0.29, 0.717) is 0 Å². The lowest BCUT2D eigenvalue weighted by Crippen LogP contribution is -2.15. The standard InChI is InChI=1S/C12H11FN2O3S/c13-8-3-9(12(17)18)11(14-4-8)15-5-10(16)7-1-2-19-6-7/h1-4,6,10,16H,5H2,(H,14,15)(H,17,18). The lowest BCUT2D eigenvalue weighted by Gasteiger charge is -2.12. The molecule has 1 unspecified atom stereocenters. The first-order valence-electron chi connectivity index (χ1n) is 5.41. The molecule has 1 atom stereocenters. The van der Waals surface area contributed by atoms with Crippen molar-refractivity contribution in [1.82, 2.24) is 4.98 Å². The predicted molar refractivity (Wildman–Crippen MR) is 68.9 cm³/mol. The number of halogens is 1. The maximum atomic E-state index is 12.9. The fourth-order valence-electron chi connectivity index (χ4n) is 1.52. The maximum absolute atomic E-state index is 12.9. The number of aromatic carboxylic acids is 1. The highest BCUT2D eigenvalue weighted by molar-refractivity contribution is 7.07. The minimum atomic E-state index is -1.28. The van der Waals surface area contributed by atoms with Gasteiger partial charge in [0.05, 0.1) is 12.3 Å². The average molecular weight is 282 g/mol. The smallest absolute Gasteiger partial charge is 0.339 e. The number of aromatic nitrogens is 1. The normalized spacial score (nSPS) is 12.1. The van der Waals surface area contributed by atoms with E-state index in [0.717, 1.165) is 17.8 Å². The number of aliphatic hydroxyl groups excluding tert-OH is 1. The predicted octanol–water partition coefficient (Wildman–Crippen LogP) is 2.13. The van der Waals surface area contributed by atoms with Crippen LogP contribution in [-0.2, 0) is 0 Å². The van der Waals surface area contributed by atoms with Crippen molar-refractivity contribution < 1.29 is 19.4 Å². The monoisotopic (exact) mass is 282 g/mol. The van der Waals surface area contributed by atoms with Crippen molar-refractivity contribution in [1.29, 1.82) is 0 Å². The number of hydrogen-bond donors (Lipinski definition) is 3. The summed E-state index contributed by atoms with van der Waals surface area (Å²) in [7, 11) is 0. The van der Waals surface area contributed by atoms with Crippen LogP contribution in [0.25, 0.3) is 0 Å². The van der Waals surface area contributed by atoms with E-state index >= 15 is 0 Å². The first-order valence-corrected chi connectivity index (χ1v) is 6.35. The second-order valence-corrected chi connectivity index (χ2v) is 4.59. The fraction of sp³-hybridized carbons (Fsp3) is 0.167. The summed E-state index contributed by atoms with van der Waals surface area (Å²) in [5.74, 6) is -1.97. The molecule has 0 aliphatic heterocycles.